The summed E-state index contributed by atoms with van der Waals surface area (Å²) in [6.07, 6.45) is 2.48. The van der Waals surface area contributed by atoms with Crippen LogP contribution in [0.3, 0.4) is 0 Å². The third kappa shape index (κ3) is 3.18. The predicted molar refractivity (Wildman–Crippen MR) is 67.3 cm³/mol. The van der Waals surface area contributed by atoms with Crippen molar-refractivity contribution in [3.8, 4) is 6.07 Å². The highest BCUT2D eigenvalue weighted by atomic mass is 16.6. The van der Waals surface area contributed by atoms with E-state index >= 15 is 0 Å². The predicted octanol–water partition coefficient (Wildman–Crippen LogP) is 1.63. The number of nitrogens with one attached hydrogen (secondary N) is 2. The maximum absolute atomic E-state index is 10.8. The lowest BCUT2D eigenvalue weighted by atomic mass is 10.2. The summed E-state index contributed by atoms with van der Waals surface area (Å²) in [5, 5.41) is 26.0. The Morgan fingerprint density at radius 3 is 2.83 bits per heavy atom. The number of nitro benzene ring substituents is 1. The zero-order chi connectivity index (χ0) is 13.0. The van der Waals surface area contributed by atoms with Crippen LogP contribution >= 0.6 is 0 Å². The minimum atomic E-state index is -0.536. The molecule has 1 aliphatic carbocycles. The fraction of sp³-hybridized carbons (Fsp3) is 0.417. The van der Waals surface area contributed by atoms with Crippen LogP contribution in [0.1, 0.15) is 18.4 Å². The zero-order valence-electron chi connectivity index (χ0n) is 9.85. The zero-order valence-corrected chi connectivity index (χ0v) is 9.85. The quantitative estimate of drug-likeness (QED) is 0.452. The second-order valence-corrected chi connectivity index (χ2v) is 4.26. The minimum absolute atomic E-state index is 0.0849. The van der Waals surface area contributed by atoms with Gasteiger partial charge in [-0.25, -0.2) is 0 Å². The molecule has 2 rings (SSSR count). The summed E-state index contributed by atoms with van der Waals surface area (Å²) < 4.78 is 0. The van der Waals surface area contributed by atoms with Gasteiger partial charge in [0.1, 0.15) is 11.6 Å². The van der Waals surface area contributed by atoms with E-state index in [-0.39, 0.29) is 11.3 Å². The summed E-state index contributed by atoms with van der Waals surface area (Å²) in [5.74, 6) is 0. The van der Waals surface area contributed by atoms with Crippen molar-refractivity contribution in [3.63, 3.8) is 0 Å². The fourth-order valence-corrected chi connectivity index (χ4v) is 1.66. The third-order valence-corrected chi connectivity index (χ3v) is 2.78. The molecular formula is C12H14N4O2. The van der Waals surface area contributed by atoms with Gasteiger partial charge in [0.15, 0.2) is 0 Å². The Kier molecular flexibility index (Phi) is 3.75. The van der Waals surface area contributed by atoms with Crippen LogP contribution in [0.25, 0.3) is 0 Å². The molecule has 0 spiro atoms. The Bertz CT molecular complexity index is 491. The molecule has 2 N–H and O–H groups in total. The highest BCUT2D eigenvalue weighted by Crippen LogP contribution is 2.22. The SMILES string of the molecule is N#Cc1ccc(NCCNC2CC2)cc1[N+](=O)[O-]. The van der Waals surface area contributed by atoms with Crippen LogP contribution in [0.4, 0.5) is 11.4 Å². The third-order valence-electron chi connectivity index (χ3n) is 2.78. The number of hydrogen-bond acceptors (Lipinski definition) is 5. The van der Waals surface area contributed by atoms with E-state index in [1.54, 1.807) is 6.07 Å². The first-order valence-corrected chi connectivity index (χ1v) is 5.86. The molecule has 0 heterocycles. The summed E-state index contributed by atoms with van der Waals surface area (Å²) in [7, 11) is 0. The van der Waals surface area contributed by atoms with Gasteiger partial charge in [-0.15, -0.1) is 0 Å². The minimum Gasteiger partial charge on any atom is -0.384 e. The van der Waals surface area contributed by atoms with Gasteiger partial charge in [-0.05, 0) is 25.0 Å². The lowest BCUT2D eigenvalue weighted by Gasteiger charge is -2.07. The molecule has 1 fully saturated rings. The van der Waals surface area contributed by atoms with Crippen molar-refractivity contribution in [2.45, 2.75) is 18.9 Å². The van der Waals surface area contributed by atoms with Crippen molar-refractivity contribution in [2.24, 2.45) is 0 Å². The van der Waals surface area contributed by atoms with Crippen molar-refractivity contribution < 1.29 is 4.92 Å². The number of rotatable bonds is 6. The maximum atomic E-state index is 10.8. The van der Waals surface area contributed by atoms with Crippen LogP contribution < -0.4 is 10.6 Å². The van der Waals surface area contributed by atoms with Crippen molar-refractivity contribution in [1.82, 2.24) is 5.32 Å². The fourth-order valence-electron chi connectivity index (χ4n) is 1.66. The van der Waals surface area contributed by atoms with Crippen molar-refractivity contribution >= 4 is 11.4 Å². The lowest BCUT2D eigenvalue weighted by Crippen LogP contribution is -2.23. The average molecular weight is 246 g/mol. The van der Waals surface area contributed by atoms with Gasteiger partial charge in [0.2, 0.25) is 0 Å². The van der Waals surface area contributed by atoms with Gasteiger partial charge < -0.3 is 10.6 Å². The van der Waals surface area contributed by atoms with Crippen molar-refractivity contribution in [2.75, 3.05) is 18.4 Å². The lowest BCUT2D eigenvalue weighted by molar-refractivity contribution is -0.385. The average Bonchev–Trinajstić information content (AvgIpc) is 3.18. The Balaban J connectivity index is 1.93. The van der Waals surface area contributed by atoms with E-state index < -0.39 is 4.92 Å². The maximum Gasteiger partial charge on any atom is 0.289 e. The van der Waals surface area contributed by atoms with Crippen molar-refractivity contribution in [1.29, 1.82) is 5.26 Å². The smallest absolute Gasteiger partial charge is 0.289 e. The molecule has 6 heteroatoms. The molecule has 0 atom stereocenters. The van der Waals surface area contributed by atoms with Gasteiger partial charge in [0, 0.05) is 30.9 Å². The largest absolute Gasteiger partial charge is 0.384 e. The van der Waals surface area contributed by atoms with Crippen LogP contribution in [-0.4, -0.2) is 24.1 Å². The molecule has 1 saturated carbocycles. The highest BCUT2D eigenvalue weighted by Gasteiger charge is 2.19. The Hall–Kier alpha value is -2.13. The molecule has 1 aromatic rings. The normalized spacial score (nSPS) is 13.9. The monoisotopic (exact) mass is 246 g/mol. The van der Waals surface area contributed by atoms with E-state index in [1.807, 2.05) is 6.07 Å². The Morgan fingerprint density at radius 2 is 2.22 bits per heavy atom. The molecule has 0 amide bonds. The molecule has 0 aromatic heterocycles. The van der Waals surface area contributed by atoms with E-state index in [9.17, 15) is 10.1 Å². The first-order valence-electron chi connectivity index (χ1n) is 5.86. The summed E-state index contributed by atoms with van der Waals surface area (Å²) in [6, 6.07) is 7.02. The van der Waals surface area contributed by atoms with Gasteiger partial charge >= 0.3 is 0 Å². The van der Waals surface area contributed by atoms with Crippen LogP contribution in [0.2, 0.25) is 0 Å². The van der Waals surface area contributed by atoms with Crippen LogP contribution in [0.5, 0.6) is 0 Å². The first-order chi connectivity index (χ1) is 8.70. The molecule has 0 unspecified atom stereocenters. The number of nitrogens with zero attached hydrogens (tertiary/aromatic N) is 2. The van der Waals surface area contributed by atoms with E-state index in [4.69, 9.17) is 5.26 Å². The van der Waals surface area contributed by atoms with Crippen LogP contribution in [0, 0.1) is 21.4 Å². The molecule has 0 bridgehead atoms. The molecule has 1 aliphatic rings. The van der Waals surface area contributed by atoms with Crippen molar-refractivity contribution in [3.05, 3.63) is 33.9 Å². The number of nitro groups is 1. The van der Waals surface area contributed by atoms with Gasteiger partial charge in [-0.3, -0.25) is 10.1 Å². The number of hydrogen-bond donors (Lipinski definition) is 2. The topological polar surface area (TPSA) is 91.0 Å². The van der Waals surface area contributed by atoms with Gasteiger partial charge in [0.25, 0.3) is 5.69 Å². The van der Waals surface area contributed by atoms with E-state index in [2.05, 4.69) is 10.6 Å². The Morgan fingerprint density at radius 1 is 1.44 bits per heavy atom. The highest BCUT2D eigenvalue weighted by molar-refractivity contribution is 5.59. The summed E-state index contributed by atoms with van der Waals surface area (Å²) >= 11 is 0. The summed E-state index contributed by atoms with van der Waals surface area (Å²) in [5.41, 5.74) is 0.595. The van der Waals surface area contributed by atoms with E-state index in [1.165, 1.54) is 25.0 Å². The van der Waals surface area contributed by atoms with Gasteiger partial charge in [0.05, 0.1) is 4.92 Å². The summed E-state index contributed by atoms with van der Waals surface area (Å²) in [6.45, 7) is 1.54. The van der Waals surface area contributed by atoms with Crippen LogP contribution in [-0.2, 0) is 0 Å². The van der Waals surface area contributed by atoms with E-state index in [0.29, 0.717) is 18.3 Å². The van der Waals surface area contributed by atoms with Gasteiger partial charge in [-0.1, -0.05) is 0 Å². The molecular weight excluding hydrogens is 232 g/mol. The molecule has 0 saturated heterocycles. The van der Waals surface area contributed by atoms with Crippen LogP contribution in [0.15, 0.2) is 18.2 Å². The first kappa shape index (κ1) is 12.3. The van der Waals surface area contributed by atoms with Gasteiger partial charge in [-0.2, -0.15) is 5.26 Å². The standard InChI is InChI=1S/C12H14N4O2/c13-8-9-1-2-11(7-12(9)16(17)18)15-6-5-14-10-3-4-10/h1-2,7,10,14-15H,3-6H2. The second-order valence-electron chi connectivity index (χ2n) is 4.26. The summed E-state index contributed by atoms with van der Waals surface area (Å²) in [4.78, 5) is 10.2. The molecule has 18 heavy (non-hydrogen) atoms. The Labute approximate surface area is 105 Å². The second kappa shape index (κ2) is 5.47. The molecule has 94 valence electrons. The molecule has 1 aromatic carbocycles. The number of benzene rings is 1. The molecule has 0 radical (unpaired) electrons. The molecule has 0 aliphatic heterocycles. The number of nitriles is 1. The van der Waals surface area contributed by atoms with E-state index in [0.717, 1.165) is 6.54 Å². The number of anilines is 1. The molecule has 6 nitrogen and oxygen atoms in total.